The van der Waals surface area contributed by atoms with Gasteiger partial charge in [-0.2, -0.15) is 4.31 Å². The maximum atomic E-state index is 12.7. The second-order valence-electron chi connectivity index (χ2n) is 8.01. The number of aromatic nitrogens is 1. The minimum Gasteiger partial charge on any atom is -0.379 e. The number of anilines is 2. The fraction of sp³-hybridized carbons (Fsp3) is 0.455. The van der Waals surface area contributed by atoms with Crippen LogP contribution in [0.4, 0.5) is 11.5 Å². The number of rotatable bonds is 7. The molecule has 3 heterocycles. The Balaban J connectivity index is 1.24. The lowest BCUT2D eigenvalue weighted by Crippen LogP contribution is -2.47. The molecule has 33 heavy (non-hydrogen) atoms. The van der Waals surface area contributed by atoms with E-state index in [1.165, 1.54) is 10.5 Å². The summed E-state index contributed by atoms with van der Waals surface area (Å²) in [4.78, 5) is 21.2. The van der Waals surface area contributed by atoms with Crippen molar-refractivity contribution in [1.82, 2.24) is 14.2 Å². The van der Waals surface area contributed by atoms with Crippen LogP contribution in [-0.2, 0) is 19.6 Å². The van der Waals surface area contributed by atoms with Gasteiger partial charge < -0.3 is 15.0 Å². The molecule has 2 aliphatic rings. The number of hydrogen-bond acceptors (Lipinski definition) is 7. The first-order valence-electron chi connectivity index (χ1n) is 11.0. The van der Waals surface area contributed by atoms with Gasteiger partial charge in [-0.3, -0.25) is 9.69 Å². The zero-order chi connectivity index (χ0) is 23.3. The monoisotopic (exact) mass is 493 g/mol. The van der Waals surface area contributed by atoms with Crippen LogP contribution in [0.1, 0.15) is 6.42 Å². The summed E-state index contributed by atoms with van der Waals surface area (Å²) in [6, 6.07) is 10.5. The van der Waals surface area contributed by atoms with Gasteiger partial charge in [0.15, 0.2) is 0 Å². The van der Waals surface area contributed by atoms with Crippen LogP contribution >= 0.6 is 11.6 Å². The molecule has 11 heteroatoms. The Hall–Kier alpha value is -2.24. The van der Waals surface area contributed by atoms with Crippen molar-refractivity contribution in [3.05, 3.63) is 47.6 Å². The van der Waals surface area contributed by atoms with Gasteiger partial charge in [0.25, 0.3) is 0 Å². The van der Waals surface area contributed by atoms with Crippen LogP contribution < -0.4 is 10.2 Å². The number of carbonyl (C=O) groups excluding carboxylic acids is 1. The highest BCUT2D eigenvalue weighted by atomic mass is 35.5. The molecule has 0 radical (unpaired) electrons. The molecule has 0 saturated carbocycles. The molecule has 2 aromatic rings. The van der Waals surface area contributed by atoms with Crippen LogP contribution in [0.15, 0.2) is 47.5 Å². The number of benzene rings is 1. The molecular weight excluding hydrogens is 466 g/mol. The second kappa shape index (κ2) is 10.8. The summed E-state index contributed by atoms with van der Waals surface area (Å²) in [6.45, 7) is 5.36. The third-order valence-electron chi connectivity index (χ3n) is 5.79. The first-order chi connectivity index (χ1) is 15.9. The van der Waals surface area contributed by atoms with Gasteiger partial charge in [-0.05, 0) is 30.3 Å². The van der Waals surface area contributed by atoms with Crippen molar-refractivity contribution in [1.29, 1.82) is 0 Å². The normalized spacial score (nSPS) is 18.3. The SMILES string of the molecule is O=C(CCN1CCN(c2ccc(S(=O)(=O)N3CCOCC3)cn2)CC1)Nc1cccc(Cl)c1. The van der Waals surface area contributed by atoms with Gasteiger partial charge in [-0.15, -0.1) is 0 Å². The molecule has 2 fully saturated rings. The van der Waals surface area contributed by atoms with E-state index in [1.807, 2.05) is 6.07 Å². The van der Waals surface area contributed by atoms with E-state index in [4.69, 9.17) is 16.3 Å². The van der Waals surface area contributed by atoms with E-state index in [2.05, 4.69) is 20.1 Å². The van der Waals surface area contributed by atoms with E-state index >= 15 is 0 Å². The second-order valence-corrected chi connectivity index (χ2v) is 10.4. The van der Waals surface area contributed by atoms with Crippen molar-refractivity contribution in [3.63, 3.8) is 0 Å². The molecule has 0 unspecified atom stereocenters. The predicted octanol–water partition coefficient (Wildman–Crippen LogP) is 1.91. The Morgan fingerprint density at radius 2 is 1.82 bits per heavy atom. The van der Waals surface area contributed by atoms with Crippen molar-refractivity contribution < 1.29 is 17.9 Å². The summed E-state index contributed by atoms with van der Waals surface area (Å²) >= 11 is 5.95. The first-order valence-corrected chi connectivity index (χ1v) is 12.8. The third-order valence-corrected chi connectivity index (χ3v) is 7.91. The number of hydrogen-bond donors (Lipinski definition) is 1. The number of nitrogens with one attached hydrogen (secondary N) is 1. The van der Waals surface area contributed by atoms with Crippen LogP contribution in [0.3, 0.4) is 0 Å². The van der Waals surface area contributed by atoms with E-state index in [-0.39, 0.29) is 10.8 Å². The molecule has 2 saturated heterocycles. The molecule has 0 bridgehead atoms. The molecule has 0 aliphatic carbocycles. The molecule has 1 aromatic carbocycles. The highest BCUT2D eigenvalue weighted by Crippen LogP contribution is 2.20. The lowest BCUT2D eigenvalue weighted by Gasteiger charge is -2.35. The van der Waals surface area contributed by atoms with Crippen molar-refractivity contribution in [2.45, 2.75) is 11.3 Å². The van der Waals surface area contributed by atoms with Gasteiger partial charge in [0.1, 0.15) is 10.7 Å². The van der Waals surface area contributed by atoms with Crippen molar-refractivity contribution in [2.75, 3.05) is 69.2 Å². The largest absolute Gasteiger partial charge is 0.379 e. The van der Waals surface area contributed by atoms with Crippen molar-refractivity contribution in [3.8, 4) is 0 Å². The number of sulfonamides is 1. The van der Waals surface area contributed by atoms with E-state index in [9.17, 15) is 13.2 Å². The Morgan fingerprint density at radius 3 is 2.48 bits per heavy atom. The molecule has 1 N–H and O–H groups in total. The number of carbonyl (C=O) groups is 1. The highest BCUT2D eigenvalue weighted by Gasteiger charge is 2.27. The van der Waals surface area contributed by atoms with Gasteiger partial charge >= 0.3 is 0 Å². The Bertz CT molecular complexity index is 1050. The summed E-state index contributed by atoms with van der Waals surface area (Å²) in [6.07, 6.45) is 1.84. The summed E-state index contributed by atoms with van der Waals surface area (Å²) in [7, 11) is -3.54. The number of piperazine rings is 1. The van der Waals surface area contributed by atoms with Crippen LogP contribution in [0, 0.1) is 0 Å². The minimum absolute atomic E-state index is 0.0431. The van der Waals surface area contributed by atoms with Crippen molar-refractivity contribution in [2.24, 2.45) is 0 Å². The molecule has 1 amide bonds. The Kier molecular flexibility index (Phi) is 7.82. The molecule has 178 valence electrons. The molecule has 1 aromatic heterocycles. The smallest absolute Gasteiger partial charge is 0.244 e. The van der Waals surface area contributed by atoms with Crippen LogP contribution in [0.25, 0.3) is 0 Å². The van der Waals surface area contributed by atoms with Crippen LogP contribution in [-0.4, -0.2) is 87.5 Å². The Morgan fingerprint density at radius 1 is 1.06 bits per heavy atom. The van der Waals surface area contributed by atoms with Crippen LogP contribution in [0.2, 0.25) is 5.02 Å². The summed E-state index contributed by atoms with van der Waals surface area (Å²) in [5.74, 6) is 0.715. The topological polar surface area (TPSA) is 95.1 Å². The van der Waals surface area contributed by atoms with Crippen molar-refractivity contribution >= 4 is 39.0 Å². The zero-order valence-electron chi connectivity index (χ0n) is 18.3. The van der Waals surface area contributed by atoms with E-state index in [1.54, 1.807) is 30.3 Å². The molecule has 0 atom stereocenters. The number of nitrogens with zero attached hydrogens (tertiary/aromatic N) is 4. The number of amides is 1. The van der Waals surface area contributed by atoms with E-state index < -0.39 is 10.0 Å². The highest BCUT2D eigenvalue weighted by molar-refractivity contribution is 7.89. The fourth-order valence-corrected chi connectivity index (χ4v) is 5.44. The summed E-state index contributed by atoms with van der Waals surface area (Å²) in [5.41, 5.74) is 0.697. The first kappa shape index (κ1) is 23.9. The third kappa shape index (κ3) is 6.21. The molecule has 4 rings (SSSR count). The maximum Gasteiger partial charge on any atom is 0.244 e. The zero-order valence-corrected chi connectivity index (χ0v) is 19.9. The Labute approximate surface area is 199 Å². The molecular formula is C22H28ClN5O4S. The molecule has 9 nitrogen and oxygen atoms in total. The van der Waals surface area contributed by atoms with Crippen LogP contribution in [0.5, 0.6) is 0 Å². The van der Waals surface area contributed by atoms with Gasteiger partial charge in [-0.1, -0.05) is 17.7 Å². The lowest BCUT2D eigenvalue weighted by molar-refractivity contribution is -0.116. The number of morpholine rings is 1. The molecule has 2 aliphatic heterocycles. The van der Waals surface area contributed by atoms with E-state index in [0.29, 0.717) is 50.0 Å². The number of pyridine rings is 1. The predicted molar refractivity (Wildman–Crippen MR) is 127 cm³/mol. The number of halogens is 1. The fourth-order valence-electron chi connectivity index (χ4n) is 3.90. The van der Waals surface area contributed by atoms with Gasteiger partial charge in [-0.25, -0.2) is 13.4 Å². The number of ether oxygens (including phenoxy) is 1. The van der Waals surface area contributed by atoms with Gasteiger partial charge in [0.2, 0.25) is 15.9 Å². The summed E-state index contributed by atoms with van der Waals surface area (Å²) in [5, 5.41) is 3.46. The minimum atomic E-state index is -3.54. The van der Waals surface area contributed by atoms with E-state index in [0.717, 1.165) is 32.0 Å². The average molecular weight is 494 g/mol. The van der Waals surface area contributed by atoms with Gasteiger partial charge in [0, 0.05) is 69.1 Å². The standard InChI is InChI=1S/C22H28ClN5O4S/c23-18-2-1-3-19(16-18)25-22(29)6-7-26-8-10-27(11-9-26)21-5-4-20(17-24-21)33(30,31)28-12-14-32-15-13-28/h1-5,16-17H,6-15H2,(H,25,29). The average Bonchev–Trinajstić information content (AvgIpc) is 2.84. The maximum absolute atomic E-state index is 12.7. The molecule has 0 spiro atoms. The quantitative estimate of drug-likeness (QED) is 0.629. The lowest BCUT2D eigenvalue weighted by atomic mass is 10.2. The van der Waals surface area contributed by atoms with Gasteiger partial charge in [0.05, 0.1) is 13.2 Å². The summed E-state index contributed by atoms with van der Waals surface area (Å²) < 4.78 is 32.2.